The van der Waals surface area contributed by atoms with Crippen molar-refractivity contribution in [3.8, 4) is 0 Å². The number of hydrogen-bond acceptors (Lipinski definition) is 1. The third-order valence-corrected chi connectivity index (χ3v) is 3.24. The molecule has 0 saturated heterocycles. The Balaban J connectivity index is 2.81. The van der Waals surface area contributed by atoms with Gasteiger partial charge in [-0.3, -0.25) is 4.79 Å². The minimum absolute atomic E-state index is 0.722. The van der Waals surface area contributed by atoms with E-state index in [0.717, 1.165) is 21.7 Å². The molecular formula is C12H9BrO. The zero-order valence-corrected chi connectivity index (χ0v) is 9.34. The first kappa shape index (κ1) is 9.41. The summed E-state index contributed by atoms with van der Waals surface area (Å²) in [5, 5.41) is 2.29. The van der Waals surface area contributed by atoms with Crippen LogP contribution < -0.4 is 0 Å². The summed E-state index contributed by atoms with van der Waals surface area (Å²) in [6.07, 6.45) is 0.872. The molecule has 0 aliphatic carbocycles. The Morgan fingerprint density at radius 1 is 1.21 bits per heavy atom. The van der Waals surface area contributed by atoms with Crippen LogP contribution in [0.25, 0.3) is 10.8 Å². The molecule has 2 aromatic rings. The van der Waals surface area contributed by atoms with Crippen LogP contribution in [0, 0.1) is 6.92 Å². The van der Waals surface area contributed by atoms with E-state index in [1.54, 1.807) is 0 Å². The van der Waals surface area contributed by atoms with E-state index in [2.05, 4.69) is 22.9 Å². The molecule has 14 heavy (non-hydrogen) atoms. The molecule has 0 atom stereocenters. The number of halogens is 1. The molecule has 0 aromatic heterocycles. The summed E-state index contributed by atoms with van der Waals surface area (Å²) in [5.41, 5.74) is 1.93. The highest BCUT2D eigenvalue weighted by atomic mass is 79.9. The molecule has 0 spiro atoms. The number of benzene rings is 2. The minimum atomic E-state index is 0.722. The number of carbonyl (C=O) groups excluding carboxylic acids is 1. The monoisotopic (exact) mass is 248 g/mol. The Morgan fingerprint density at radius 3 is 2.71 bits per heavy atom. The van der Waals surface area contributed by atoms with E-state index in [0.29, 0.717) is 0 Å². The fourth-order valence-corrected chi connectivity index (χ4v) is 1.90. The number of hydrogen-bond donors (Lipinski definition) is 0. The minimum Gasteiger partial charge on any atom is -0.298 e. The first-order chi connectivity index (χ1) is 6.72. The van der Waals surface area contributed by atoms with Crippen molar-refractivity contribution in [1.82, 2.24) is 0 Å². The van der Waals surface area contributed by atoms with Crippen LogP contribution in [0.2, 0.25) is 0 Å². The molecule has 0 saturated carbocycles. The zero-order valence-electron chi connectivity index (χ0n) is 7.75. The van der Waals surface area contributed by atoms with Gasteiger partial charge in [0.25, 0.3) is 0 Å². The van der Waals surface area contributed by atoms with Crippen molar-refractivity contribution in [2.75, 3.05) is 0 Å². The van der Waals surface area contributed by atoms with Crippen LogP contribution in [0.15, 0.2) is 34.8 Å². The lowest BCUT2D eigenvalue weighted by atomic mass is 10.0. The van der Waals surface area contributed by atoms with Gasteiger partial charge in [0, 0.05) is 10.0 Å². The zero-order chi connectivity index (χ0) is 10.1. The third kappa shape index (κ3) is 1.46. The van der Waals surface area contributed by atoms with E-state index >= 15 is 0 Å². The Kier molecular flexibility index (Phi) is 2.38. The normalized spacial score (nSPS) is 10.4. The molecule has 0 aliphatic heterocycles. The second-order valence-corrected chi connectivity index (χ2v) is 4.13. The molecule has 0 aliphatic rings. The number of aryl methyl sites for hydroxylation is 1. The Labute approximate surface area is 90.9 Å². The molecule has 0 fully saturated rings. The quantitative estimate of drug-likeness (QED) is 0.704. The van der Waals surface area contributed by atoms with Crippen molar-refractivity contribution in [2.45, 2.75) is 6.92 Å². The van der Waals surface area contributed by atoms with Crippen LogP contribution in [0.1, 0.15) is 15.9 Å². The lowest BCUT2D eigenvalue weighted by molar-refractivity contribution is 0.112. The fraction of sp³-hybridized carbons (Fsp3) is 0.0833. The van der Waals surface area contributed by atoms with Gasteiger partial charge in [-0.2, -0.15) is 0 Å². The highest BCUT2D eigenvalue weighted by Gasteiger charge is 2.01. The van der Waals surface area contributed by atoms with Gasteiger partial charge in [0.1, 0.15) is 6.29 Å². The predicted octanol–water partition coefficient (Wildman–Crippen LogP) is 3.72. The van der Waals surface area contributed by atoms with Gasteiger partial charge in [0.15, 0.2) is 0 Å². The molecule has 0 unspecified atom stereocenters. The average molecular weight is 249 g/mol. The molecule has 2 heteroatoms. The topological polar surface area (TPSA) is 17.1 Å². The van der Waals surface area contributed by atoms with Crippen LogP contribution in [0.4, 0.5) is 0 Å². The van der Waals surface area contributed by atoms with Crippen molar-refractivity contribution in [2.24, 2.45) is 0 Å². The number of rotatable bonds is 1. The van der Waals surface area contributed by atoms with E-state index in [4.69, 9.17) is 0 Å². The van der Waals surface area contributed by atoms with Gasteiger partial charge < -0.3 is 0 Å². The molecule has 1 nitrogen and oxygen atoms in total. The maximum absolute atomic E-state index is 10.6. The second kappa shape index (κ2) is 3.54. The second-order valence-electron chi connectivity index (χ2n) is 3.27. The third-order valence-electron chi connectivity index (χ3n) is 2.38. The van der Waals surface area contributed by atoms with E-state index < -0.39 is 0 Å². The standard InChI is InChI=1S/C12H9BrO/c1-8-11-4-2-9(7-14)6-10(11)3-5-12(8)13/h2-7H,1H3. The average Bonchev–Trinajstić information content (AvgIpc) is 2.23. The summed E-state index contributed by atoms with van der Waals surface area (Å²) in [4.78, 5) is 10.6. The van der Waals surface area contributed by atoms with Crippen molar-refractivity contribution in [3.05, 3.63) is 45.9 Å². The molecule has 70 valence electrons. The summed E-state index contributed by atoms with van der Waals surface area (Å²) < 4.78 is 1.10. The Morgan fingerprint density at radius 2 is 2.00 bits per heavy atom. The lowest BCUT2D eigenvalue weighted by Gasteiger charge is -2.04. The van der Waals surface area contributed by atoms with E-state index in [9.17, 15) is 4.79 Å². The first-order valence-electron chi connectivity index (χ1n) is 4.36. The van der Waals surface area contributed by atoms with Gasteiger partial charge in [-0.25, -0.2) is 0 Å². The van der Waals surface area contributed by atoms with Gasteiger partial charge in [-0.15, -0.1) is 0 Å². The molecule has 0 amide bonds. The maximum atomic E-state index is 10.6. The highest BCUT2D eigenvalue weighted by molar-refractivity contribution is 9.10. The molecule has 0 heterocycles. The van der Waals surface area contributed by atoms with Crippen LogP contribution in [0.5, 0.6) is 0 Å². The van der Waals surface area contributed by atoms with Gasteiger partial charge >= 0.3 is 0 Å². The van der Waals surface area contributed by atoms with E-state index in [-0.39, 0.29) is 0 Å². The molecule has 2 rings (SSSR count). The summed E-state index contributed by atoms with van der Waals surface area (Å²) in [6, 6.07) is 9.75. The van der Waals surface area contributed by atoms with Gasteiger partial charge in [0.05, 0.1) is 0 Å². The SMILES string of the molecule is Cc1c(Br)ccc2cc(C=O)ccc12. The van der Waals surface area contributed by atoms with Gasteiger partial charge in [0.2, 0.25) is 0 Å². The summed E-state index contributed by atoms with van der Waals surface area (Å²) in [6.45, 7) is 2.06. The fourth-order valence-electron chi connectivity index (χ4n) is 1.55. The summed E-state index contributed by atoms with van der Waals surface area (Å²) in [7, 11) is 0. The van der Waals surface area contributed by atoms with E-state index in [1.165, 1.54) is 10.9 Å². The van der Waals surface area contributed by atoms with E-state index in [1.807, 2.05) is 30.3 Å². The van der Waals surface area contributed by atoms with Crippen LogP contribution in [0.3, 0.4) is 0 Å². The van der Waals surface area contributed by atoms with Crippen LogP contribution in [-0.4, -0.2) is 6.29 Å². The smallest absolute Gasteiger partial charge is 0.150 e. The number of carbonyl (C=O) groups is 1. The highest BCUT2D eigenvalue weighted by Crippen LogP contribution is 2.25. The molecule has 0 radical (unpaired) electrons. The Hall–Kier alpha value is -1.15. The van der Waals surface area contributed by atoms with Crippen LogP contribution >= 0.6 is 15.9 Å². The van der Waals surface area contributed by atoms with Crippen molar-refractivity contribution < 1.29 is 4.79 Å². The summed E-state index contributed by atoms with van der Waals surface area (Å²) >= 11 is 3.48. The molecule has 0 N–H and O–H groups in total. The number of aldehydes is 1. The molecule has 2 aromatic carbocycles. The lowest BCUT2D eigenvalue weighted by Crippen LogP contribution is -1.83. The summed E-state index contributed by atoms with van der Waals surface area (Å²) in [5.74, 6) is 0. The van der Waals surface area contributed by atoms with Crippen molar-refractivity contribution >= 4 is 33.0 Å². The molecular weight excluding hydrogens is 240 g/mol. The maximum Gasteiger partial charge on any atom is 0.150 e. The number of fused-ring (bicyclic) bond motifs is 1. The van der Waals surface area contributed by atoms with Gasteiger partial charge in [-0.05, 0) is 35.4 Å². The Bertz CT molecular complexity index is 503. The van der Waals surface area contributed by atoms with Gasteiger partial charge in [-0.1, -0.05) is 34.1 Å². The van der Waals surface area contributed by atoms with Crippen molar-refractivity contribution in [1.29, 1.82) is 0 Å². The first-order valence-corrected chi connectivity index (χ1v) is 5.16. The largest absolute Gasteiger partial charge is 0.298 e. The predicted molar refractivity (Wildman–Crippen MR) is 61.8 cm³/mol. The van der Waals surface area contributed by atoms with Crippen LogP contribution in [-0.2, 0) is 0 Å². The molecule has 0 bridgehead atoms. The van der Waals surface area contributed by atoms with Crippen molar-refractivity contribution in [3.63, 3.8) is 0 Å².